The Bertz CT molecular complexity index is 643. The van der Waals surface area contributed by atoms with Gasteiger partial charge in [-0.2, -0.15) is 0 Å². The zero-order valence-electron chi connectivity index (χ0n) is 13.3. The Morgan fingerprint density at radius 2 is 1.76 bits per heavy atom. The first kappa shape index (κ1) is 15.0. The first-order valence-electron chi connectivity index (χ1n) is 7.74. The second kappa shape index (κ2) is 4.56. The number of nitrogens with one attached hydrogen (secondary N) is 1. The van der Waals surface area contributed by atoms with Crippen LogP contribution >= 0.6 is 0 Å². The van der Waals surface area contributed by atoms with Crippen LogP contribution in [0.4, 0.5) is 0 Å². The average molecular weight is 307 g/mol. The van der Waals surface area contributed by atoms with Gasteiger partial charge in [-0.3, -0.25) is 0 Å². The monoisotopic (exact) mass is 307 g/mol. The molecule has 2 aliphatic rings. The molecule has 116 valence electrons. The molecule has 2 fully saturated rings. The molecule has 4 heteroatoms. The molecule has 1 N–H and O–H groups in total. The number of benzene rings is 1. The zero-order valence-corrected chi connectivity index (χ0v) is 14.1. The predicted octanol–water partition coefficient (Wildman–Crippen LogP) is 3.49. The van der Waals surface area contributed by atoms with Gasteiger partial charge in [0, 0.05) is 6.04 Å². The average Bonchev–Trinajstić information content (AvgIpc) is 2.87. The molecule has 0 spiro atoms. The van der Waals surface area contributed by atoms with Gasteiger partial charge in [0.1, 0.15) is 0 Å². The van der Waals surface area contributed by atoms with Gasteiger partial charge in [0.15, 0.2) is 0 Å². The van der Waals surface area contributed by atoms with Gasteiger partial charge in [-0.05, 0) is 55.1 Å². The maximum Gasteiger partial charge on any atom is 0.240 e. The van der Waals surface area contributed by atoms with E-state index in [1.54, 1.807) is 12.1 Å². The summed E-state index contributed by atoms with van der Waals surface area (Å²) in [4.78, 5) is 0.371. The first-order chi connectivity index (χ1) is 9.65. The van der Waals surface area contributed by atoms with Gasteiger partial charge >= 0.3 is 0 Å². The van der Waals surface area contributed by atoms with E-state index in [9.17, 15) is 8.42 Å². The maximum atomic E-state index is 12.7. The normalized spacial score (nSPS) is 34.3. The lowest BCUT2D eigenvalue weighted by Crippen LogP contribution is -2.52. The third-order valence-corrected chi connectivity index (χ3v) is 7.31. The fraction of sp³-hybridized carbons (Fsp3) is 0.647. The van der Waals surface area contributed by atoms with Crippen LogP contribution in [0.2, 0.25) is 0 Å². The molecule has 3 atom stereocenters. The van der Waals surface area contributed by atoms with E-state index >= 15 is 0 Å². The minimum absolute atomic E-state index is 0.0232. The Morgan fingerprint density at radius 3 is 2.29 bits per heavy atom. The third kappa shape index (κ3) is 2.33. The molecule has 1 aromatic carbocycles. The van der Waals surface area contributed by atoms with E-state index in [2.05, 4.69) is 25.5 Å². The van der Waals surface area contributed by atoms with Crippen LogP contribution < -0.4 is 4.72 Å². The van der Waals surface area contributed by atoms with Gasteiger partial charge in [0.2, 0.25) is 10.0 Å². The Labute approximate surface area is 128 Å². The summed E-state index contributed by atoms with van der Waals surface area (Å²) in [7, 11) is -3.44. The molecule has 2 aliphatic carbocycles. The molecule has 3 rings (SSSR count). The highest BCUT2D eigenvalue weighted by molar-refractivity contribution is 7.89. The molecule has 1 aromatic rings. The Balaban J connectivity index is 1.91. The Morgan fingerprint density at radius 1 is 1.14 bits per heavy atom. The smallest absolute Gasteiger partial charge is 0.207 e. The standard InChI is InChI=1S/C17H25NO2S/c1-12-5-7-14(8-6-12)21(19,20)18-15-16(2,3)13-9-10-17(15,4)11-13/h5-8,13,15,18H,9-11H2,1-4H3/t13-,15-,17-/m1/s1. The van der Waals surface area contributed by atoms with Crippen LogP contribution in [-0.4, -0.2) is 14.5 Å². The third-order valence-electron chi connectivity index (χ3n) is 5.87. The van der Waals surface area contributed by atoms with Crippen LogP contribution in [-0.2, 0) is 10.0 Å². The maximum absolute atomic E-state index is 12.7. The van der Waals surface area contributed by atoms with Crippen LogP contribution in [0.1, 0.15) is 45.6 Å². The van der Waals surface area contributed by atoms with Crippen molar-refractivity contribution in [3.8, 4) is 0 Å². The summed E-state index contributed by atoms with van der Waals surface area (Å²) in [5.74, 6) is 0.633. The number of sulfonamides is 1. The van der Waals surface area contributed by atoms with Gasteiger partial charge in [-0.25, -0.2) is 13.1 Å². The minimum Gasteiger partial charge on any atom is -0.207 e. The van der Waals surface area contributed by atoms with Crippen molar-refractivity contribution in [1.82, 2.24) is 4.72 Å². The molecule has 0 saturated heterocycles. The van der Waals surface area contributed by atoms with Crippen LogP contribution in [0, 0.1) is 23.7 Å². The first-order valence-corrected chi connectivity index (χ1v) is 9.22. The van der Waals surface area contributed by atoms with Crippen molar-refractivity contribution in [2.24, 2.45) is 16.7 Å². The fourth-order valence-electron chi connectivity index (χ4n) is 4.54. The highest BCUT2D eigenvalue weighted by Crippen LogP contribution is 2.62. The Hall–Kier alpha value is -0.870. The lowest BCUT2D eigenvalue weighted by Gasteiger charge is -2.42. The highest BCUT2D eigenvalue weighted by Gasteiger charge is 2.60. The summed E-state index contributed by atoms with van der Waals surface area (Å²) < 4.78 is 28.4. The molecule has 0 unspecified atom stereocenters. The predicted molar refractivity (Wildman–Crippen MR) is 84.5 cm³/mol. The van der Waals surface area contributed by atoms with E-state index in [0.29, 0.717) is 10.8 Å². The lowest BCUT2D eigenvalue weighted by molar-refractivity contribution is 0.127. The van der Waals surface area contributed by atoms with Crippen molar-refractivity contribution in [3.05, 3.63) is 29.8 Å². The zero-order chi connectivity index (χ0) is 15.5. The molecule has 0 heterocycles. The molecular formula is C17H25NO2S. The highest BCUT2D eigenvalue weighted by atomic mass is 32.2. The summed E-state index contributed by atoms with van der Waals surface area (Å²) in [6, 6.07) is 7.11. The fourth-order valence-corrected chi connectivity index (χ4v) is 6.07. The number of rotatable bonds is 3. The van der Waals surface area contributed by atoms with E-state index in [1.807, 2.05) is 19.1 Å². The van der Waals surface area contributed by atoms with Gasteiger partial charge in [0.25, 0.3) is 0 Å². The summed E-state index contributed by atoms with van der Waals surface area (Å²) in [5.41, 5.74) is 1.21. The van der Waals surface area contributed by atoms with Crippen molar-refractivity contribution >= 4 is 10.0 Å². The van der Waals surface area contributed by atoms with Crippen molar-refractivity contribution in [3.63, 3.8) is 0 Å². The molecule has 2 bridgehead atoms. The molecule has 0 radical (unpaired) electrons. The van der Waals surface area contributed by atoms with E-state index < -0.39 is 10.0 Å². The van der Waals surface area contributed by atoms with Gasteiger partial charge in [0.05, 0.1) is 4.90 Å². The summed E-state index contributed by atoms with van der Waals surface area (Å²) >= 11 is 0. The van der Waals surface area contributed by atoms with Gasteiger partial charge in [-0.1, -0.05) is 38.5 Å². The Kier molecular flexibility index (Phi) is 3.27. The topological polar surface area (TPSA) is 46.2 Å². The van der Waals surface area contributed by atoms with E-state index in [1.165, 1.54) is 6.42 Å². The van der Waals surface area contributed by atoms with Gasteiger partial charge < -0.3 is 0 Å². The van der Waals surface area contributed by atoms with Crippen LogP contribution in [0.15, 0.2) is 29.2 Å². The number of hydrogen-bond acceptors (Lipinski definition) is 2. The number of aryl methyl sites for hydroxylation is 1. The summed E-state index contributed by atoms with van der Waals surface area (Å²) in [5, 5.41) is 0. The second-order valence-electron chi connectivity index (χ2n) is 7.78. The molecule has 0 amide bonds. The largest absolute Gasteiger partial charge is 0.240 e. The summed E-state index contributed by atoms with van der Waals surface area (Å²) in [6.07, 6.45) is 3.50. The van der Waals surface area contributed by atoms with Crippen LogP contribution in [0.25, 0.3) is 0 Å². The second-order valence-corrected chi connectivity index (χ2v) is 9.50. The molecular weight excluding hydrogens is 282 g/mol. The summed E-state index contributed by atoms with van der Waals surface area (Å²) in [6.45, 7) is 8.63. The van der Waals surface area contributed by atoms with Crippen molar-refractivity contribution in [1.29, 1.82) is 0 Å². The van der Waals surface area contributed by atoms with Crippen molar-refractivity contribution in [2.45, 2.75) is 57.9 Å². The van der Waals surface area contributed by atoms with E-state index in [0.717, 1.165) is 18.4 Å². The van der Waals surface area contributed by atoms with E-state index in [4.69, 9.17) is 0 Å². The SMILES string of the molecule is Cc1ccc(S(=O)(=O)N[C@@H]2C(C)(C)[C@@H]3CC[C@]2(C)C3)cc1. The van der Waals surface area contributed by atoms with Gasteiger partial charge in [-0.15, -0.1) is 0 Å². The number of hydrogen-bond donors (Lipinski definition) is 1. The molecule has 2 saturated carbocycles. The van der Waals surface area contributed by atoms with Crippen LogP contribution in [0.5, 0.6) is 0 Å². The molecule has 0 aromatic heterocycles. The lowest BCUT2D eigenvalue weighted by atomic mass is 9.69. The van der Waals surface area contributed by atoms with Crippen molar-refractivity contribution < 1.29 is 8.42 Å². The number of fused-ring (bicyclic) bond motifs is 2. The van der Waals surface area contributed by atoms with Crippen molar-refractivity contribution in [2.75, 3.05) is 0 Å². The molecule has 0 aliphatic heterocycles. The molecule has 21 heavy (non-hydrogen) atoms. The molecule has 3 nitrogen and oxygen atoms in total. The van der Waals surface area contributed by atoms with Crippen LogP contribution in [0.3, 0.4) is 0 Å². The van der Waals surface area contributed by atoms with E-state index in [-0.39, 0.29) is 16.9 Å². The quantitative estimate of drug-likeness (QED) is 0.929. The minimum atomic E-state index is -3.44.